The van der Waals surface area contributed by atoms with Crippen LogP contribution in [0, 0.1) is 10.1 Å². The molecule has 162 valence electrons. The summed E-state index contributed by atoms with van der Waals surface area (Å²) in [6, 6.07) is 9.85. The molecular weight excluding hydrogens is 463 g/mol. The van der Waals surface area contributed by atoms with Gasteiger partial charge in [0.1, 0.15) is 5.69 Å². The molecule has 1 atom stereocenters. The Morgan fingerprint density at radius 1 is 1.13 bits per heavy atom. The molecule has 1 saturated heterocycles. The molecule has 0 aliphatic carbocycles. The number of nitro groups is 1. The van der Waals surface area contributed by atoms with Gasteiger partial charge in [-0.05, 0) is 30.3 Å². The van der Waals surface area contributed by atoms with Crippen molar-refractivity contribution in [1.82, 2.24) is 4.90 Å². The minimum absolute atomic E-state index is 0.0543. The molecule has 2 aliphatic heterocycles. The van der Waals surface area contributed by atoms with Crippen LogP contribution in [-0.2, 0) is 9.59 Å². The van der Waals surface area contributed by atoms with Crippen LogP contribution in [-0.4, -0.2) is 53.1 Å². The Kier molecular flexibility index (Phi) is 6.27. The Balaban J connectivity index is 1.37. The van der Waals surface area contributed by atoms with Gasteiger partial charge in [-0.1, -0.05) is 23.2 Å². The van der Waals surface area contributed by atoms with Crippen LogP contribution in [0.2, 0.25) is 10.0 Å². The van der Waals surface area contributed by atoms with Crippen molar-refractivity contribution >= 4 is 63.8 Å². The number of hydrogen-bond acceptors (Lipinski definition) is 6. The number of nitro benzene ring substituents is 1. The highest BCUT2D eigenvalue weighted by Crippen LogP contribution is 2.38. The number of rotatable bonds is 4. The van der Waals surface area contributed by atoms with E-state index in [9.17, 15) is 19.7 Å². The van der Waals surface area contributed by atoms with Crippen molar-refractivity contribution in [3.63, 3.8) is 0 Å². The first-order valence-electron chi connectivity index (χ1n) is 9.55. The number of benzene rings is 2. The smallest absolute Gasteiger partial charge is 0.294 e. The first-order valence-corrected chi connectivity index (χ1v) is 11.2. The fourth-order valence-corrected chi connectivity index (χ4v) is 5.07. The zero-order valence-electron chi connectivity index (χ0n) is 16.2. The number of nitrogens with one attached hydrogen (secondary N) is 1. The van der Waals surface area contributed by atoms with Crippen molar-refractivity contribution in [2.75, 3.05) is 36.4 Å². The van der Waals surface area contributed by atoms with E-state index in [0.29, 0.717) is 47.6 Å². The number of anilines is 2. The SMILES string of the molecule is O=C1Nc2cc(Cl)ccc2S[C@H]1CC(=O)N1CCN(c2ccc(Cl)cc2[N+](=O)[O-])CC1. The summed E-state index contributed by atoms with van der Waals surface area (Å²) in [7, 11) is 0. The Morgan fingerprint density at radius 2 is 1.81 bits per heavy atom. The van der Waals surface area contributed by atoms with Gasteiger partial charge in [0.25, 0.3) is 5.69 Å². The lowest BCUT2D eigenvalue weighted by atomic mass is 10.2. The zero-order chi connectivity index (χ0) is 22.1. The summed E-state index contributed by atoms with van der Waals surface area (Å²) in [5.41, 5.74) is 1.09. The lowest BCUT2D eigenvalue weighted by molar-refractivity contribution is -0.384. The minimum Gasteiger partial charge on any atom is -0.362 e. The highest BCUT2D eigenvalue weighted by molar-refractivity contribution is 8.01. The number of piperazine rings is 1. The molecule has 0 bridgehead atoms. The van der Waals surface area contributed by atoms with Crippen LogP contribution >= 0.6 is 35.0 Å². The van der Waals surface area contributed by atoms with Crippen molar-refractivity contribution in [1.29, 1.82) is 0 Å². The molecule has 2 aliphatic rings. The van der Waals surface area contributed by atoms with Crippen LogP contribution in [0.25, 0.3) is 0 Å². The van der Waals surface area contributed by atoms with Crippen LogP contribution in [0.4, 0.5) is 17.1 Å². The fraction of sp³-hybridized carbons (Fsp3) is 0.300. The lowest BCUT2D eigenvalue weighted by Crippen LogP contribution is -2.50. The first kappa shape index (κ1) is 21.7. The Labute approximate surface area is 192 Å². The highest BCUT2D eigenvalue weighted by Gasteiger charge is 2.32. The van der Waals surface area contributed by atoms with Crippen LogP contribution in [0.1, 0.15) is 6.42 Å². The van der Waals surface area contributed by atoms with Gasteiger partial charge in [-0.15, -0.1) is 11.8 Å². The van der Waals surface area contributed by atoms with Crippen LogP contribution in [0.3, 0.4) is 0 Å². The monoisotopic (exact) mass is 480 g/mol. The van der Waals surface area contributed by atoms with Crippen molar-refractivity contribution in [2.45, 2.75) is 16.6 Å². The van der Waals surface area contributed by atoms with Crippen molar-refractivity contribution in [2.24, 2.45) is 0 Å². The van der Waals surface area contributed by atoms with Gasteiger partial charge < -0.3 is 15.1 Å². The third-order valence-electron chi connectivity index (χ3n) is 5.23. The van der Waals surface area contributed by atoms with E-state index in [0.717, 1.165) is 4.90 Å². The van der Waals surface area contributed by atoms with Gasteiger partial charge in [-0.25, -0.2) is 0 Å². The normalized spacial score (nSPS) is 18.4. The maximum atomic E-state index is 12.8. The predicted molar refractivity (Wildman–Crippen MR) is 121 cm³/mol. The molecule has 0 spiro atoms. The minimum atomic E-state index is -0.517. The van der Waals surface area contributed by atoms with E-state index in [1.807, 2.05) is 11.0 Å². The first-order chi connectivity index (χ1) is 14.8. The molecule has 8 nitrogen and oxygen atoms in total. The average Bonchev–Trinajstić information content (AvgIpc) is 2.74. The summed E-state index contributed by atoms with van der Waals surface area (Å²) in [6.07, 6.45) is 0.0830. The van der Waals surface area contributed by atoms with E-state index in [1.165, 1.54) is 17.8 Å². The van der Waals surface area contributed by atoms with Gasteiger partial charge >= 0.3 is 0 Å². The molecule has 11 heteroatoms. The molecule has 1 fully saturated rings. The molecule has 2 aromatic rings. The lowest BCUT2D eigenvalue weighted by Gasteiger charge is -2.36. The van der Waals surface area contributed by atoms with Gasteiger partial charge in [-0.3, -0.25) is 19.7 Å². The molecule has 2 amide bonds. The molecule has 0 unspecified atom stereocenters. The Morgan fingerprint density at radius 3 is 2.52 bits per heavy atom. The highest BCUT2D eigenvalue weighted by atomic mass is 35.5. The maximum Gasteiger partial charge on any atom is 0.294 e. The van der Waals surface area contributed by atoms with E-state index >= 15 is 0 Å². The third-order valence-corrected chi connectivity index (χ3v) is 6.97. The van der Waals surface area contributed by atoms with E-state index in [-0.39, 0.29) is 23.9 Å². The summed E-state index contributed by atoms with van der Waals surface area (Å²) < 4.78 is 0. The molecule has 4 rings (SSSR count). The molecule has 2 aromatic carbocycles. The maximum absolute atomic E-state index is 12.8. The standard InChI is InChI=1S/C20H18Cl2N4O4S/c21-12-2-4-17-14(9-12)23-20(28)18(31-17)11-19(27)25-7-5-24(6-8-25)15-3-1-13(22)10-16(15)26(29)30/h1-4,9-10,18H,5-8,11H2,(H,23,28)/t18-/m0/s1. The number of carbonyl (C=O) groups excluding carboxylic acids is 2. The second-order valence-electron chi connectivity index (χ2n) is 7.20. The number of thioether (sulfide) groups is 1. The van der Waals surface area contributed by atoms with Crippen LogP contribution < -0.4 is 10.2 Å². The number of nitrogens with zero attached hydrogens (tertiary/aromatic N) is 3. The number of hydrogen-bond donors (Lipinski definition) is 1. The summed E-state index contributed by atoms with van der Waals surface area (Å²) in [5.74, 6) is -0.334. The van der Waals surface area contributed by atoms with Gasteiger partial charge in [0, 0.05) is 53.6 Å². The fourth-order valence-electron chi connectivity index (χ4n) is 3.65. The summed E-state index contributed by atoms with van der Waals surface area (Å²) in [5, 5.41) is 14.5. The van der Waals surface area contributed by atoms with Crippen LogP contribution in [0.15, 0.2) is 41.3 Å². The molecule has 1 N–H and O–H groups in total. The number of carbonyl (C=O) groups is 2. The largest absolute Gasteiger partial charge is 0.362 e. The Hall–Kier alpha value is -2.49. The van der Waals surface area contributed by atoms with Gasteiger partial charge in [-0.2, -0.15) is 0 Å². The van der Waals surface area contributed by atoms with Gasteiger partial charge in [0.2, 0.25) is 11.8 Å². The third kappa shape index (κ3) is 4.73. The van der Waals surface area contributed by atoms with E-state index in [4.69, 9.17) is 23.2 Å². The summed E-state index contributed by atoms with van der Waals surface area (Å²) >= 11 is 13.2. The van der Waals surface area contributed by atoms with Crippen molar-refractivity contribution in [3.8, 4) is 0 Å². The number of amides is 2. The second-order valence-corrected chi connectivity index (χ2v) is 9.32. The number of halogens is 2. The molecular formula is C20H18Cl2N4O4S. The van der Waals surface area contributed by atoms with Crippen LogP contribution in [0.5, 0.6) is 0 Å². The predicted octanol–water partition coefficient (Wildman–Crippen LogP) is 4.05. The molecule has 0 saturated carbocycles. The van der Waals surface area contributed by atoms with E-state index < -0.39 is 10.2 Å². The Bertz CT molecular complexity index is 1060. The van der Waals surface area contributed by atoms with Crippen molar-refractivity contribution < 1.29 is 14.5 Å². The van der Waals surface area contributed by atoms with E-state index in [1.54, 1.807) is 29.2 Å². The van der Waals surface area contributed by atoms with E-state index in [2.05, 4.69) is 5.32 Å². The van der Waals surface area contributed by atoms with Gasteiger partial charge in [0.05, 0.1) is 15.9 Å². The van der Waals surface area contributed by atoms with Crippen molar-refractivity contribution in [3.05, 3.63) is 56.6 Å². The molecule has 2 heterocycles. The quantitative estimate of drug-likeness (QED) is 0.523. The molecule has 31 heavy (non-hydrogen) atoms. The van der Waals surface area contributed by atoms with Gasteiger partial charge in [0.15, 0.2) is 0 Å². The zero-order valence-corrected chi connectivity index (χ0v) is 18.5. The summed E-state index contributed by atoms with van der Waals surface area (Å²) in [6.45, 7) is 1.76. The second kappa shape index (κ2) is 8.94. The molecule has 0 aromatic heterocycles. The summed E-state index contributed by atoms with van der Waals surface area (Å²) in [4.78, 5) is 40.6. The average molecular weight is 481 g/mol. The number of fused-ring (bicyclic) bond motifs is 1. The topological polar surface area (TPSA) is 95.8 Å². The molecule has 0 radical (unpaired) electrons.